The van der Waals surface area contributed by atoms with E-state index in [1.165, 1.54) is 0 Å². The Morgan fingerprint density at radius 2 is 1.79 bits per heavy atom. The summed E-state index contributed by atoms with van der Waals surface area (Å²) in [5, 5.41) is 12.3. The molecule has 1 amide bonds. The van der Waals surface area contributed by atoms with Crippen molar-refractivity contribution >= 4 is 23.3 Å². The van der Waals surface area contributed by atoms with E-state index in [9.17, 15) is 14.7 Å². The number of carboxylic acid groups (broad SMARTS) is 1. The number of aliphatic carboxylic acids is 1. The standard InChI is InChI=1S/C22H27N3O4/c1-29-20-9-5-8-19(15-20)25-12-10-24(11-13-25)16-17(22(27)28)14-21(26)23-18-6-3-2-4-7-18/h2-9,15,17H,10-14,16H2,1H3,(H,23,26)(H,27,28)/t17-/m1/s1. The van der Waals surface area contributed by atoms with Gasteiger partial charge in [0.1, 0.15) is 5.75 Å². The molecule has 1 saturated heterocycles. The minimum atomic E-state index is -0.941. The number of rotatable bonds is 8. The fourth-order valence-corrected chi connectivity index (χ4v) is 3.49. The van der Waals surface area contributed by atoms with Crippen molar-refractivity contribution in [2.24, 2.45) is 5.92 Å². The summed E-state index contributed by atoms with van der Waals surface area (Å²) in [6, 6.07) is 17.0. The molecule has 29 heavy (non-hydrogen) atoms. The van der Waals surface area contributed by atoms with E-state index in [4.69, 9.17) is 4.74 Å². The molecule has 0 aromatic heterocycles. The number of hydrogen-bond acceptors (Lipinski definition) is 5. The summed E-state index contributed by atoms with van der Waals surface area (Å²) < 4.78 is 5.29. The minimum Gasteiger partial charge on any atom is -0.497 e. The number of nitrogens with zero attached hydrogens (tertiary/aromatic N) is 2. The van der Waals surface area contributed by atoms with Gasteiger partial charge in [0.05, 0.1) is 13.0 Å². The van der Waals surface area contributed by atoms with E-state index in [0.29, 0.717) is 12.2 Å². The summed E-state index contributed by atoms with van der Waals surface area (Å²) in [6.45, 7) is 3.47. The first-order chi connectivity index (χ1) is 14.0. The van der Waals surface area contributed by atoms with Crippen molar-refractivity contribution in [1.29, 1.82) is 0 Å². The molecule has 0 aliphatic carbocycles. The molecule has 7 heteroatoms. The van der Waals surface area contributed by atoms with Gasteiger partial charge in [-0.25, -0.2) is 0 Å². The number of para-hydroxylation sites is 1. The van der Waals surface area contributed by atoms with E-state index in [-0.39, 0.29) is 12.3 Å². The van der Waals surface area contributed by atoms with Crippen molar-refractivity contribution in [3.05, 3.63) is 54.6 Å². The number of carbonyl (C=O) groups excluding carboxylic acids is 1. The van der Waals surface area contributed by atoms with Crippen LogP contribution in [0.2, 0.25) is 0 Å². The van der Waals surface area contributed by atoms with Gasteiger partial charge in [0.2, 0.25) is 5.91 Å². The van der Waals surface area contributed by atoms with Crippen LogP contribution in [0.15, 0.2) is 54.6 Å². The molecule has 0 unspecified atom stereocenters. The third-order valence-electron chi connectivity index (χ3n) is 5.11. The van der Waals surface area contributed by atoms with Crippen molar-refractivity contribution in [3.63, 3.8) is 0 Å². The van der Waals surface area contributed by atoms with Gasteiger partial charge in [0.15, 0.2) is 0 Å². The van der Waals surface area contributed by atoms with Gasteiger partial charge in [0.25, 0.3) is 0 Å². The van der Waals surface area contributed by atoms with E-state index >= 15 is 0 Å². The number of ether oxygens (including phenoxy) is 1. The zero-order chi connectivity index (χ0) is 20.6. The van der Waals surface area contributed by atoms with Crippen LogP contribution in [0, 0.1) is 5.92 Å². The number of piperazine rings is 1. The Balaban J connectivity index is 1.51. The lowest BCUT2D eigenvalue weighted by Gasteiger charge is -2.37. The Morgan fingerprint density at radius 1 is 1.07 bits per heavy atom. The van der Waals surface area contributed by atoms with Crippen molar-refractivity contribution in [1.82, 2.24) is 4.90 Å². The van der Waals surface area contributed by atoms with Crippen LogP contribution in [0.4, 0.5) is 11.4 Å². The van der Waals surface area contributed by atoms with Gasteiger partial charge in [0, 0.05) is 56.6 Å². The highest BCUT2D eigenvalue weighted by atomic mass is 16.5. The van der Waals surface area contributed by atoms with Crippen LogP contribution in [0.3, 0.4) is 0 Å². The van der Waals surface area contributed by atoms with E-state index in [1.807, 2.05) is 42.5 Å². The Labute approximate surface area is 170 Å². The Bertz CT molecular complexity index is 820. The molecule has 1 atom stereocenters. The van der Waals surface area contributed by atoms with Gasteiger partial charge < -0.3 is 20.1 Å². The van der Waals surface area contributed by atoms with Crippen LogP contribution >= 0.6 is 0 Å². The van der Waals surface area contributed by atoms with Gasteiger partial charge in [-0.15, -0.1) is 0 Å². The first kappa shape index (κ1) is 20.7. The molecule has 7 nitrogen and oxygen atoms in total. The zero-order valence-electron chi connectivity index (χ0n) is 16.6. The molecular formula is C22H27N3O4. The maximum Gasteiger partial charge on any atom is 0.308 e. The molecule has 2 N–H and O–H groups in total. The van der Waals surface area contributed by atoms with Crippen LogP contribution in [0.25, 0.3) is 0 Å². The van der Waals surface area contributed by atoms with Gasteiger partial charge in [-0.2, -0.15) is 0 Å². The topological polar surface area (TPSA) is 82.1 Å². The van der Waals surface area contributed by atoms with Crippen molar-refractivity contribution in [2.45, 2.75) is 6.42 Å². The normalized spacial score (nSPS) is 15.6. The highest BCUT2D eigenvalue weighted by Gasteiger charge is 2.26. The molecule has 154 valence electrons. The Morgan fingerprint density at radius 3 is 2.45 bits per heavy atom. The fraction of sp³-hybridized carbons (Fsp3) is 0.364. The first-order valence-electron chi connectivity index (χ1n) is 9.74. The number of anilines is 2. The molecule has 2 aromatic carbocycles. The van der Waals surface area contributed by atoms with E-state index in [0.717, 1.165) is 37.6 Å². The highest BCUT2D eigenvalue weighted by Crippen LogP contribution is 2.22. The predicted molar refractivity (Wildman–Crippen MR) is 112 cm³/mol. The molecule has 3 rings (SSSR count). The molecule has 0 bridgehead atoms. The van der Waals surface area contributed by atoms with E-state index in [2.05, 4.69) is 15.1 Å². The third kappa shape index (κ3) is 5.96. The quantitative estimate of drug-likeness (QED) is 0.712. The molecule has 0 spiro atoms. The number of nitrogens with one attached hydrogen (secondary N) is 1. The number of methoxy groups -OCH3 is 1. The number of benzene rings is 2. The molecule has 0 radical (unpaired) electrons. The maximum atomic E-state index is 12.3. The van der Waals surface area contributed by atoms with Crippen LogP contribution < -0.4 is 15.0 Å². The lowest BCUT2D eigenvalue weighted by atomic mass is 10.0. The average Bonchev–Trinajstić information content (AvgIpc) is 2.74. The SMILES string of the molecule is COc1cccc(N2CCN(C[C@@H](CC(=O)Nc3ccccc3)C(=O)O)CC2)c1. The summed E-state index contributed by atoms with van der Waals surface area (Å²) >= 11 is 0. The second kappa shape index (κ2) is 9.93. The Kier molecular flexibility index (Phi) is 7.08. The lowest BCUT2D eigenvalue weighted by Crippen LogP contribution is -2.48. The van der Waals surface area contributed by atoms with Gasteiger partial charge >= 0.3 is 5.97 Å². The predicted octanol–water partition coefficient (Wildman–Crippen LogP) is 2.55. The highest BCUT2D eigenvalue weighted by molar-refractivity contribution is 5.93. The molecule has 1 aliphatic rings. The Hall–Kier alpha value is -3.06. The van der Waals surface area contributed by atoms with Gasteiger partial charge in [-0.1, -0.05) is 24.3 Å². The van der Waals surface area contributed by atoms with Crippen LogP contribution in [0.5, 0.6) is 5.75 Å². The van der Waals surface area contributed by atoms with Crippen molar-refractivity contribution in [3.8, 4) is 5.75 Å². The smallest absolute Gasteiger partial charge is 0.308 e. The second-order valence-electron chi connectivity index (χ2n) is 7.14. The monoisotopic (exact) mass is 397 g/mol. The molecule has 0 saturated carbocycles. The summed E-state index contributed by atoms with van der Waals surface area (Å²) in [5.41, 5.74) is 1.77. The van der Waals surface area contributed by atoms with Crippen LogP contribution in [0.1, 0.15) is 6.42 Å². The van der Waals surface area contributed by atoms with Gasteiger partial charge in [-0.3, -0.25) is 14.5 Å². The fourth-order valence-electron chi connectivity index (χ4n) is 3.49. The molecule has 1 fully saturated rings. The zero-order valence-corrected chi connectivity index (χ0v) is 16.6. The molecule has 1 heterocycles. The van der Waals surface area contributed by atoms with Crippen molar-refractivity contribution in [2.75, 3.05) is 50.1 Å². The number of carbonyl (C=O) groups is 2. The lowest BCUT2D eigenvalue weighted by molar-refractivity contribution is -0.144. The summed E-state index contributed by atoms with van der Waals surface area (Å²) in [6.07, 6.45) is -0.0413. The van der Waals surface area contributed by atoms with Crippen LogP contribution in [-0.2, 0) is 9.59 Å². The summed E-state index contributed by atoms with van der Waals surface area (Å²) in [4.78, 5) is 28.3. The number of amides is 1. The molecule has 2 aromatic rings. The largest absolute Gasteiger partial charge is 0.497 e. The number of hydrogen-bond donors (Lipinski definition) is 2. The van der Waals surface area contributed by atoms with E-state index < -0.39 is 11.9 Å². The minimum absolute atomic E-state index is 0.0413. The summed E-state index contributed by atoms with van der Waals surface area (Å²) in [7, 11) is 1.65. The second-order valence-corrected chi connectivity index (χ2v) is 7.14. The average molecular weight is 397 g/mol. The third-order valence-corrected chi connectivity index (χ3v) is 5.11. The molecule has 1 aliphatic heterocycles. The summed E-state index contributed by atoms with van der Waals surface area (Å²) in [5.74, 6) is -1.13. The number of carboxylic acids is 1. The van der Waals surface area contributed by atoms with Gasteiger partial charge in [-0.05, 0) is 24.3 Å². The first-order valence-corrected chi connectivity index (χ1v) is 9.74. The van der Waals surface area contributed by atoms with E-state index in [1.54, 1.807) is 19.2 Å². The maximum absolute atomic E-state index is 12.3. The molecular weight excluding hydrogens is 370 g/mol. The van der Waals surface area contributed by atoms with Crippen LogP contribution in [-0.4, -0.2) is 61.7 Å². The van der Waals surface area contributed by atoms with Crippen molar-refractivity contribution < 1.29 is 19.4 Å².